The first kappa shape index (κ1) is 21.4. The van der Waals surface area contributed by atoms with Crippen LogP contribution in [0.3, 0.4) is 0 Å². The maximum Gasteiger partial charge on any atom is 0.325 e. The lowest BCUT2D eigenvalue weighted by Gasteiger charge is -2.24. The zero-order chi connectivity index (χ0) is 22.2. The molecule has 0 aromatic heterocycles. The van der Waals surface area contributed by atoms with Gasteiger partial charge >= 0.3 is 12.1 Å². The number of nitrogens with one attached hydrogen (secondary N) is 2. The van der Waals surface area contributed by atoms with E-state index in [-0.39, 0.29) is 30.3 Å². The van der Waals surface area contributed by atoms with Gasteiger partial charge in [-0.2, -0.15) is 0 Å². The van der Waals surface area contributed by atoms with Crippen LogP contribution in [0.5, 0.6) is 0 Å². The van der Waals surface area contributed by atoms with Crippen LogP contribution in [0.4, 0.5) is 15.3 Å². The van der Waals surface area contributed by atoms with Crippen LogP contribution in [-0.2, 0) is 9.59 Å². The zero-order valence-electron chi connectivity index (χ0n) is 17.4. The molecule has 2 heterocycles. The largest absolute Gasteiger partial charge is 0.339 e. The summed E-state index contributed by atoms with van der Waals surface area (Å²) in [7, 11) is 0. The Labute approximate surface area is 185 Å². The molecule has 4 rings (SSSR count). The summed E-state index contributed by atoms with van der Waals surface area (Å²) in [6, 6.07) is 6.14. The molecule has 1 unspecified atom stereocenters. The lowest BCUT2D eigenvalue weighted by Crippen LogP contribution is -2.47. The van der Waals surface area contributed by atoms with Gasteiger partial charge in [0, 0.05) is 36.9 Å². The van der Waals surface area contributed by atoms with E-state index in [9.17, 15) is 19.2 Å². The summed E-state index contributed by atoms with van der Waals surface area (Å²) < 4.78 is 0. The molecule has 1 aromatic rings. The minimum atomic E-state index is -0.897. The number of amides is 6. The summed E-state index contributed by atoms with van der Waals surface area (Å²) in [4.78, 5) is 54.7. The number of hydrogen-bond donors (Lipinski definition) is 2. The molecule has 1 aromatic carbocycles. The normalized spacial score (nSPS) is 24.1. The maximum absolute atomic E-state index is 12.8. The topological polar surface area (TPSA) is 102 Å². The van der Waals surface area contributed by atoms with E-state index in [2.05, 4.69) is 10.6 Å². The summed E-state index contributed by atoms with van der Waals surface area (Å²) in [5, 5.41) is 6.10. The summed E-state index contributed by atoms with van der Waals surface area (Å²) in [5.74, 6) is -0.472. The zero-order valence-corrected chi connectivity index (χ0v) is 18.2. The van der Waals surface area contributed by atoms with E-state index in [1.54, 1.807) is 41.0 Å². The van der Waals surface area contributed by atoms with Crippen LogP contribution >= 0.6 is 11.6 Å². The van der Waals surface area contributed by atoms with Crippen molar-refractivity contribution in [1.82, 2.24) is 20.0 Å². The average Bonchev–Trinajstić information content (AvgIpc) is 3.56. The lowest BCUT2D eigenvalue weighted by molar-refractivity contribution is -0.139. The van der Waals surface area contributed by atoms with Gasteiger partial charge in [0.2, 0.25) is 5.91 Å². The average molecular weight is 448 g/mol. The van der Waals surface area contributed by atoms with E-state index in [4.69, 9.17) is 11.6 Å². The second-order valence-corrected chi connectivity index (χ2v) is 8.90. The molecule has 1 saturated carbocycles. The molecular formula is C21H26ClN5O4. The van der Waals surface area contributed by atoms with Gasteiger partial charge in [0.25, 0.3) is 5.91 Å². The molecule has 3 aliphatic rings. The highest BCUT2D eigenvalue weighted by atomic mass is 35.5. The van der Waals surface area contributed by atoms with Gasteiger partial charge in [-0.15, -0.1) is 0 Å². The standard InChI is InChI=1S/C21H26ClN5O4/c1-21(14-6-7-14)18(29)27(20(31)24-21)13-17(28)25-8-3-9-26(11-10-25)19(30)23-16-5-2-4-15(22)12-16/h2,4-5,12,14H,3,6-11,13H2,1H3,(H,23,30)(H,24,31). The molecule has 3 fully saturated rings. The minimum Gasteiger partial charge on any atom is -0.339 e. The van der Waals surface area contributed by atoms with Crippen molar-refractivity contribution >= 4 is 41.2 Å². The first-order valence-corrected chi connectivity index (χ1v) is 10.9. The summed E-state index contributed by atoms with van der Waals surface area (Å²) >= 11 is 5.96. The van der Waals surface area contributed by atoms with Gasteiger partial charge in [-0.1, -0.05) is 17.7 Å². The number of nitrogens with zero attached hydrogens (tertiary/aromatic N) is 3. The van der Waals surface area contributed by atoms with Crippen molar-refractivity contribution in [3.05, 3.63) is 29.3 Å². The van der Waals surface area contributed by atoms with Crippen molar-refractivity contribution in [2.24, 2.45) is 5.92 Å². The number of rotatable bonds is 4. The predicted molar refractivity (Wildman–Crippen MR) is 115 cm³/mol. The van der Waals surface area contributed by atoms with Crippen LogP contribution in [0.15, 0.2) is 24.3 Å². The number of benzene rings is 1. The molecule has 2 N–H and O–H groups in total. The second-order valence-electron chi connectivity index (χ2n) is 8.46. The van der Waals surface area contributed by atoms with Crippen LogP contribution < -0.4 is 10.6 Å². The number of halogens is 1. The molecule has 10 heteroatoms. The SMILES string of the molecule is CC1(C2CC2)NC(=O)N(CC(=O)N2CCCN(C(=O)Nc3cccc(Cl)c3)CC2)C1=O. The van der Waals surface area contributed by atoms with Gasteiger partial charge < -0.3 is 20.4 Å². The predicted octanol–water partition coefficient (Wildman–Crippen LogP) is 2.13. The van der Waals surface area contributed by atoms with E-state index in [1.807, 2.05) is 0 Å². The number of hydrogen-bond acceptors (Lipinski definition) is 4. The van der Waals surface area contributed by atoms with Gasteiger partial charge in [-0.05, 0) is 50.3 Å². The van der Waals surface area contributed by atoms with Crippen LogP contribution in [0.2, 0.25) is 5.02 Å². The van der Waals surface area contributed by atoms with Crippen LogP contribution in [0.1, 0.15) is 26.2 Å². The highest BCUT2D eigenvalue weighted by Gasteiger charge is 2.56. The Hall–Kier alpha value is -2.81. The Balaban J connectivity index is 1.32. The van der Waals surface area contributed by atoms with Crippen LogP contribution in [-0.4, -0.2) is 76.8 Å². The molecule has 0 spiro atoms. The monoisotopic (exact) mass is 447 g/mol. The Morgan fingerprint density at radius 3 is 2.58 bits per heavy atom. The highest BCUT2D eigenvalue weighted by Crippen LogP contribution is 2.42. The molecular weight excluding hydrogens is 422 g/mol. The van der Waals surface area contributed by atoms with Crippen molar-refractivity contribution in [3.8, 4) is 0 Å². The summed E-state index contributed by atoms with van der Waals surface area (Å²) in [6.45, 7) is 3.12. The van der Waals surface area contributed by atoms with Crippen LogP contribution in [0.25, 0.3) is 0 Å². The molecule has 1 aliphatic carbocycles. The Morgan fingerprint density at radius 2 is 1.87 bits per heavy atom. The van der Waals surface area contributed by atoms with Crippen LogP contribution in [0, 0.1) is 5.92 Å². The van der Waals surface area contributed by atoms with E-state index < -0.39 is 11.6 Å². The third-order valence-corrected chi connectivity index (χ3v) is 6.44. The third-order valence-electron chi connectivity index (χ3n) is 6.20. The number of carbonyl (C=O) groups is 4. The number of carbonyl (C=O) groups excluding carboxylic acids is 4. The third kappa shape index (κ3) is 4.46. The molecule has 0 bridgehead atoms. The highest BCUT2D eigenvalue weighted by molar-refractivity contribution is 6.30. The van der Waals surface area contributed by atoms with Crippen molar-refractivity contribution in [2.75, 3.05) is 38.0 Å². The molecule has 2 aliphatic heterocycles. The molecule has 31 heavy (non-hydrogen) atoms. The fourth-order valence-electron chi connectivity index (χ4n) is 4.17. The van der Waals surface area contributed by atoms with E-state index in [0.29, 0.717) is 43.3 Å². The summed E-state index contributed by atoms with van der Waals surface area (Å²) in [6.07, 6.45) is 2.42. The lowest BCUT2D eigenvalue weighted by atomic mass is 9.96. The Morgan fingerprint density at radius 1 is 1.16 bits per heavy atom. The van der Waals surface area contributed by atoms with Gasteiger partial charge in [0.1, 0.15) is 12.1 Å². The van der Waals surface area contributed by atoms with Gasteiger partial charge in [-0.25, -0.2) is 9.59 Å². The van der Waals surface area contributed by atoms with E-state index in [1.165, 1.54) is 0 Å². The summed E-state index contributed by atoms with van der Waals surface area (Å²) in [5.41, 5.74) is -0.294. The minimum absolute atomic E-state index is 0.147. The number of imide groups is 1. The fourth-order valence-corrected chi connectivity index (χ4v) is 4.36. The molecule has 9 nitrogen and oxygen atoms in total. The van der Waals surface area contributed by atoms with Crippen molar-refractivity contribution in [3.63, 3.8) is 0 Å². The number of urea groups is 2. The fraction of sp³-hybridized carbons (Fsp3) is 0.524. The number of anilines is 1. The molecule has 1 atom stereocenters. The molecule has 166 valence electrons. The Bertz CT molecular complexity index is 921. The second kappa shape index (κ2) is 8.37. The molecule has 0 radical (unpaired) electrons. The van der Waals surface area contributed by atoms with Crippen molar-refractivity contribution in [2.45, 2.75) is 31.7 Å². The Kier molecular flexibility index (Phi) is 5.79. The van der Waals surface area contributed by atoms with Gasteiger partial charge in [-0.3, -0.25) is 14.5 Å². The first-order valence-electron chi connectivity index (χ1n) is 10.5. The van der Waals surface area contributed by atoms with Gasteiger partial charge in [0.05, 0.1) is 0 Å². The van der Waals surface area contributed by atoms with Crippen molar-refractivity contribution < 1.29 is 19.2 Å². The maximum atomic E-state index is 12.8. The smallest absolute Gasteiger partial charge is 0.325 e. The van der Waals surface area contributed by atoms with Gasteiger partial charge in [0.15, 0.2) is 0 Å². The van der Waals surface area contributed by atoms with Crippen molar-refractivity contribution in [1.29, 1.82) is 0 Å². The first-order chi connectivity index (χ1) is 14.8. The quantitative estimate of drug-likeness (QED) is 0.690. The molecule has 2 saturated heterocycles. The van der Waals surface area contributed by atoms with E-state index >= 15 is 0 Å². The molecule has 6 amide bonds. The van der Waals surface area contributed by atoms with E-state index in [0.717, 1.165) is 17.7 Å².